The summed E-state index contributed by atoms with van der Waals surface area (Å²) in [7, 11) is 0. The van der Waals surface area contributed by atoms with Crippen LogP contribution in [0.15, 0.2) is 53.6 Å². The zero-order chi connectivity index (χ0) is 16.8. The molecular weight excluding hydrogens is 296 g/mol. The van der Waals surface area contributed by atoms with Gasteiger partial charge in [-0.3, -0.25) is 20.9 Å². The van der Waals surface area contributed by atoms with Crippen molar-refractivity contribution in [1.29, 1.82) is 10.7 Å². The van der Waals surface area contributed by atoms with Crippen LogP contribution in [0.5, 0.6) is 0 Å². The smallest absolute Gasteiger partial charge is 0.277 e. The molecule has 2 rings (SSSR count). The first-order valence-corrected chi connectivity index (χ1v) is 6.45. The number of benzene rings is 2. The van der Waals surface area contributed by atoms with Gasteiger partial charge in [0.2, 0.25) is 5.71 Å². The largest absolute Gasteiger partial charge is 0.382 e. The number of nitriles is 1. The molecule has 0 atom stereocenters. The Bertz CT molecular complexity index is 821. The van der Waals surface area contributed by atoms with Crippen LogP contribution < -0.4 is 11.2 Å². The molecular formula is C15H12N6O2. The molecule has 0 saturated heterocycles. The molecule has 8 nitrogen and oxygen atoms in total. The minimum absolute atomic E-state index is 0.0228. The molecule has 0 bridgehead atoms. The molecule has 0 unspecified atom stereocenters. The van der Waals surface area contributed by atoms with Crippen molar-refractivity contribution in [2.24, 2.45) is 10.8 Å². The first-order valence-electron chi connectivity index (χ1n) is 6.45. The van der Waals surface area contributed by atoms with Gasteiger partial charge < -0.3 is 5.73 Å². The first-order chi connectivity index (χ1) is 11.0. The van der Waals surface area contributed by atoms with E-state index in [9.17, 15) is 10.1 Å². The Morgan fingerprint density at radius 3 is 2.48 bits per heavy atom. The van der Waals surface area contributed by atoms with Crippen molar-refractivity contribution in [3.63, 3.8) is 0 Å². The van der Waals surface area contributed by atoms with Crippen molar-refractivity contribution >= 4 is 22.9 Å². The molecule has 0 saturated carbocycles. The molecule has 2 aromatic rings. The topological polar surface area (TPSA) is 141 Å². The molecule has 2 aromatic carbocycles. The van der Waals surface area contributed by atoms with E-state index >= 15 is 0 Å². The molecule has 0 heterocycles. The second kappa shape index (κ2) is 6.82. The molecule has 8 heteroatoms. The van der Waals surface area contributed by atoms with Gasteiger partial charge in [-0.2, -0.15) is 10.4 Å². The van der Waals surface area contributed by atoms with E-state index in [-0.39, 0.29) is 11.4 Å². The Labute approximate surface area is 131 Å². The number of anilines is 1. The Kier molecular flexibility index (Phi) is 4.64. The van der Waals surface area contributed by atoms with Crippen LogP contribution in [0.2, 0.25) is 0 Å². The van der Waals surface area contributed by atoms with Gasteiger partial charge >= 0.3 is 0 Å². The molecule has 0 aliphatic rings. The van der Waals surface area contributed by atoms with Crippen LogP contribution in [-0.4, -0.2) is 16.5 Å². The highest BCUT2D eigenvalue weighted by atomic mass is 16.6. The summed E-state index contributed by atoms with van der Waals surface area (Å²) in [5, 5.41) is 30.6. The first kappa shape index (κ1) is 15.7. The van der Waals surface area contributed by atoms with E-state index in [1.165, 1.54) is 6.07 Å². The quantitative estimate of drug-likeness (QED) is 0.336. The van der Waals surface area contributed by atoms with E-state index < -0.39 is 10.8 Å². The molecule has 0 aliphatic heterocycles. The Hall–Kier alpha value is -3.73. The van der Waals surface area contributed by atoms with Gasteiger partial charge in [-0.05, 0) is 23.8 Å². The third kappa shape index (κ3) is 3.68. The molecule has 0 fully saturated rings. The van der Waals surface area contributed by atoms with Crippen molar-refractivity contribution in [2.75, 3.05) is 5.43 Å². The summed E-state index contributed by atoms with van der Waals surface area (Å²) in [5.41, 5.74) is 9.32. The molecule has 114 valence electrons. The van der Waals surface area contributed by atoms with E-state index in [1.807, 2.05) is 0 Å². The number of hydrogen-bond donors (Lipinski definition) is 3. The Morgan fingerprint density at radius 2 is 1.91 bits per heavy atom. The fraction of sp³-hybridized carbons (Fsp3) is 0. The van der Waals surface area contributed by atoms with Gasteiger partial charge in [0, 0.05) is 6.07 Å². The van der Waals surface area contributed by atoms with Crippen molar-refractivity contribution in [3.05, 3.63) is 58.6 Å². The standard InChI is InChI=1S/C15H12N6O2/c16-9-13(15(17)18)20-19-11-7-5-10(6-8-11)12-3-1-2-4-14(12)21(22)23/h1-8,19H,(H3,17,18)/b20-13+. The maximum absolute atomic E-state index is 11.0. The van der Waals surface area contributed by atoms with Gasteiger partial charge in [0.25, 0.3) is 5.69 Å². The highest BCUT2D eigenvalue weighted by molar-refractivity contribution is 6.45. The second-order valence-electron chi connectivity index (χ2n) is 4.45. The molecule has 0 amide bonds. The molecule has 0 aromatic heterocycles. The van der Waals surface area contributed by atoms with Crippen molar-refractivity contribution < 1.29 is 4.92 Å². The number of nitrogens with zero attached hydrogens (tertiary/aromatic N) is 3. The number of para-hydroxylation sites is 1. The number of nitrogens with one attached hydrogen (secondary N) is 2. The third-order valence-corrected chi connectivity index (χ3v) is 2.95. The van der Waals surface area contributed by atoms with Crippen molar-refractivity contribution in [2.45, 2.75) is 0 Å². The summed E-state index contributed by atoms with van der Waals surface area (Å²) < 4.78 is 0. The van der Waals surface area contributed by atoms with Crippen molar-refractivity contribution in [1.82, 2.24) is 0 Å². The second-order valence-corrected chi connectivity index (χ2v) is 4.45. The summed E-state index contributed by atoms with van der Waals surface area (Å²) in [6.45, 7) is 0. The van der Waals surface area contributed by atoms with Crippen LogP contribution in [0.25, 0.3) is 11.1 Å². The Morgan fingerprint density at radius 1 is 1.26 bits per heavy atom. The van der Waals surface area contributed by atoms with Crippen LogP contribution in [0, 0.1) is 26.9 Å². The van der Waals surface area contributed by atoms with E-state index in [1.54, 1.807) is 48.5 Å². The van der Waals surface area contributed by atoms with Crippen LogP contribution in [0.3, 0.4) is 0 Å². The van der Waals surface area contributed by atoms with Gasteiger partial charge in [0.1, 0.15) is 6.07 Å². The summed E-state index contributed by atoms with van der Waals surface area (Å²) in [6.07, 6.45) is 0. The minimum Gasteiger partial charge on any atom is -0.382 e. The van der Waals surface area contributed by atoms with E-state index in [2.05, 4.69) is 10.5 Å². The number of nitrogens with two attached hydrogens (primary N) is 1. The Balaban J connectivity index is 2.26. The molecule has 4 N–H and O–H groups in total. The summed E-state index contributed by atoms with van der Waals surface area (Å²) in [4.78, 5) is 10.6. The van der Waals surface area contributed by atoms with E-state index in [4.69, 9.17) is 16.4 Å². The average molecular weight is 308 g/mol. The number of hydrogen-bond acceptors (Lipinski definition) is 6. The molecule has 0 radical (unpaired) electrons. The number of rotatable bonds is 5. The predicted molar refractivity (Wildman–Crippen MR) is 87.1 cm³/mol. The average Bonchev–Trinajstić information content (AvgIpc) is 2.55. The molecule has 23 heavy (non-hydrogen) atoms. The normalized spacial score (nSPS) is 10.7. The van der Waals surface area contributed by atoms with Crippen molar-refractivity contribution in [3.8, 4) is 17.2 Å². The fourth-order valence-electron chi connectivity index (χ4n) is 1.87. The lowest BCUT2D eigenvalue weighted by Gasteiger charge is -2.05. The number of amidine groups is 1. The summed E-state index contributed by atoms with van der Waals surface area (Å²) >= 11 is 0. The monoisotopic (exact) mass is 308 g/mol. The number of nitro benzene ring substituents is 1. The van der Waals surface area contributed by atoms with Gasteiger partial charge in [-0.25, -0.2) is 0 Å². The molecule has 0 aliphatic carbocycles. The number of hydrazone groups is 1. The lowest BCUT2D eigenvalue weighted by molar-refractivity contribution is -0.384. The lowest BCUT2D eigenvalue weighted by Crippen LogP contribution is -2.21. The van der Waals surface area contributed by atoms with Crippen LogP contribution in [-0.2, 0) is 0 Å². The maximum Gasteiger partial charge on any atom is 0.277 e. The zero-order valence-corrected chi connectivity index (χ0v) is 11.9. The van der Waals surface area contributed by atoms with E-state index in [0.29, 0.717) is 16.8 Å². The SMILES string of the molecule is N#C/C(=N\Nc1ccc(-c2ccccc2[N+](=O)[O-])cc1)C(=N)N. The fourth-order valence-corrected chi connectivity index (χ4v) is 1.87. The van der Waals surface area contributed by atoms with Gasteiger partial charge in [-0.15, -0.1) is 0 Å². The zero-order valence-electron chi connectivity index (χ0n) is 11.9. The third-order valence-electron chi connectivity index (χ3n) is 2.95. The van der Waals surface area contributed by atoms with Gasteiger partial charge in [0.15, 0.2) is 5.84 Å². The van der Waals surface area contributed by atoms with Gasteiger partial charge in [-0.1, -0.05) is 24.3 Å². The predicted octanol–water partition coefficient (Wildman–Crippen LogP) is 2.49. The van der Waals surface area contributed by atoms with Crippen LogP contribution in [0.4, 0.5) is 11.4 Å². The van der Waals surface area contributed by atoms with E-state index in [0.717, 1.165) is 0 Å². The summed E-state index contributed by atoms with van der Waals surface area (Å²) in [5.74, 6) is -0.434. The van der Waals surface area contributed by atoms with Gasteiger partial charge in [0.05, 0.1) is 16.2 Å². The molecule has 0 spiro atoms. The summed E-state index contributed by atoms with van der Waals surface area (Å²) in [6, 6.07) is 14.8. The highest BCUT2D eigenvalue weighted by Gasteiger charge is 2.13. The van der Waals surface area contributed by atoms with Crippen LogP contribution in [0.1, 0.15) is 0 Å². The highest BCUT2D eigenvalue weighted by Crippen LogP contribution is 2.30. The lowest BCUT2D eigenvalue weighted by atomic mass is 10.0. The number of nitro groups is 1. The minimum atomic E-state index is -0.434. The maximum atomic E-state index is 11.0. The van der Waals surface area contributed by atoms with Crippen LogP contribution >= 0.6 is 0 Å².